The van der Waals surface area contributed by atoms with Gasteiger partial charge in [-0.1, -0.05) is 48.0 Å². The summed E-state index contributed by atoms with van der Waals surface area (Å²) in [6.07, 6.45) is 2.43. The minimum absolute atomic E-state index is 0.0459. The van der Waals surface area contributed by atoms with Crippen LogP contribution in [0.25, 0.3) is 0 Å². The molecule has 114 valence electrons. The number of hydrogen-bond acceptors (Lipinski definition) is 1. The standard InChI is InChI=1S/C18H17Cl2NO/c19-11-17(22)21-18(13-7-9-14(20)10-8-13)16-4-2-1-3-15(16)12-5-6-12/h1-4,7-10,12,18H,5-6,11H2,(H,21,22). The van der Waals surface area contributed by atoms with E-state index in [1.807, 2.05) is 30.3 Å². The second-order valence-corrected chi connectivity index (χ2v) is 6.29. The fourth-order valence-electron chi connectivity index (χ4n) is 2.74. The molecule has 2 aromatic carbocycles. The van der Waals surface area contributed by atoms with Crippen molar-refractivity contribution in [1.29, 1.82) is 0 Å². The van der Waals surface area contributed by atoms with Crippen LogP contribution < -0.4 is 5.32 Å². The fraction of sp³-hybridized carbons (Fsp3) is 0.278. The molecule has 22 heavy (non-hydrogen) atoms. The lowest BCUT2D eigenvalue weighted by molar-refractivity contribution is -0.119. The van der Waals surface area contributed by atoms with Crippen molar-refractivity contribution in [3.63, 3.8) is 0 Å². The first-order valence-electron chi connectivity index (χ1n) is 7.38. The molecule has 1 amide bonds. The molecule has 0 heterocycles. The normalized spacial score (nSPS) is 15.4. The number of amides is 1. The first kappa shape index (κ1) is 15.4. The highest BCUT2D eigenvalue weighted by Gasteiger charge is 2.29. The summed E-state index contributed by atoms with van der Waals surface area (Å²) in [5.41, 5.74) is 3.47. The molecule has 1 saturated carbocycles. The lowest BCUT2D eigenvalue weighted by Crippen LogP contribution is -2.30. The van der Waals surface area contributed by atoms with E-state index in [9.17, 15) is 4.79 Å². The molecule has 1 fully saturated rings. The van der Waals surface area contributed by atoms with Gasteiger partial charge in [-0.15, -0.1) is 11.6 Å². The lowest BCUT2D eigenvalue weighted by Gasteiger charge is -2.22. The Morgan fingerprint density at radius 1 is 1.14 bits per heavy atom. The highest BCUT2D eigenvalue weighted by atomic mass is 35.5. The minimum Gasteiger partial charge on any atom is -0.344 e. The van der Waals surface area contributed by atoms with Gasteiger partial charge in [0, 0.05) is 5.02 Å². The summed E-state index contributed by atoms with van der Waals surface area (Å²) in [6.45, 7) is 0. The summed E-state index contributed by atoms with van der Waals surface area (Å²) in [7, 11) is 0. The summed E-state index contributed by atoms with van der Waals surface area (Å²) in [6, 6.07) is 15.7. The van der Waals surface area contributed by atoms with Crippen molar-refractivity contribution in [2.45, 2.75) is 24.8 Å². The van der Waals surface area contributed by atoms with Crippen LogP contribution in [0, 0.1) is 0 Å². The summed E-state index contributed by atoms with van der Waals surface area (Å²) in [5.74, 6) is 0.390. The maximum absolute atomic E-state index is 11.9. The maximum atomic E-state index is 11.9. The van der Waals surface area contributed by atoms with Gasteiger partial charge < -0.3 is 5.32 Å². The summed E-state index contributed by atoms with van der Waals surface area (Å²) < 4.78 is 0. The third-order valence-electron chi connectivity index (χ3n) is 3.95. The minimum atomic E-state index is -0.194. The molecule has 1 unspecified atom stereocenters. The van der Waals surface area contributed by atoms with Gasteiger partial charge >= 0.3 is 0 Å². The number of hydrogen-bond donors (Lipinski definition) is 1. The van der Waals surface area contributed by atoms with Gasteiger partial charge in [-0.05, 0) is 47.6 Å². The molecule has 1 N–H and O–H groups in total. The second-order valence-electron chi connectivity index (χ2n) is 5.59. The van der Waals surface area contributed by atoms with E-state index in [0.29, 0.717) is 10.9 Å². The Morgan fingerprint density at radius 2 is 1.82 bits per heavy atom. The van der Waals surface area contributed by atoms with Gasteiger partial charge in [0.25, 0.3) is 0 Å². The topological polar surface area (TPSA) is 29.1 Å². The number of benzene rings is 2. The van der Waals surface area contributed by atoms with E-state index in [1.54, 1.807) is 0 Å². The van der Waals surface area contributed by atoms with Crippen LogP contribution in [-0.4, -0.2) is 11.8 Å². The third-order valence-corrected chi connectivity index (χ3v) is 4.45. The Balaban J connectivity index is 2.01. The van der Waals surface area contributed by atoms with E-state index in [0.717, 1.165) is 11.1 Å². The van der Waals surface area contributed by atoms with E-state index in [2.05, 4.69) is 23.5 Å². The Hall–Kier alpha value is -1.51. The molecule has 1 aliphatic carbocycles. The monoisotopic (exact) mass is 333 g/mol. The van der Waals surface area contributed by atoms with Crippen LogP contribution >= 0.6 is 23.2 Å². The molecule has 3 rings (SSSR count). The van der Waals surface area contributed by atoms with Gasteiger partial charge in [0.1, 0.15) is 5.88 Å². The average Bonchev–Trinajstić information content (AvgIpc) is 3.38. The van der Waals surface area contributed by atoms with E-state index < -0.39 is 0 Å². The van der Waals surface area contributed by atoms with Crippen molar-refractivity contribution < 1.29 is 4.79 Å². The first-order chi connectivity index (χ1) is 10.7. The predicted octanol–water partition coefficient (Wildman–Crippen LogP) is 4.66. The average molecular weight is 334 g/mol. The van der Waals surface area contributed by atoms with E-state index >= 15 is 0 Å². The van der Waals surface area contributed by atoms with Crippen molar-refractivity contribution >= 4 is 29.1 Å². The van der Waals surface area contributed by atoms with Crippen LogP contribution in [-0.2, 0) is 4.79 Å². The summed E-state index contributed by atoms with van der Waals surface area (Å²) in [4.78, 5) is 11.9. The quantitative estimate of drug-likeness (QED) is 0.792. The predicted molar refractivity (Wildman–Crippen MR) is 90.6 cm³/mol. The van der Waals surface area contributed by atoms with Crippen molar-refractivity contribution in [2.24, 2.45) is 0 Å². The molecule has 1 atom stereocenters. The van der Waals surface area contributed by atoms with Crippen molar-refractivity contribution in [3.8, 4) is 0 Å². The van der Waals surface area contributed by atoms with Crippen molar-refractivity contribution in [1.82, 2.24) is 5.32 Å². The van der Waals surface area contributed by atoms with Crippen LogP contribution in [0.4, 0.5) is 0 Å². The van der Waals surface area contributed by atoms with Crippen LogP contribution in [0.15, 0.2) is 48.5 Å². The third kappa shape index (κ3) is 3.45. The maximum Gasteiger partial charge on any atom is 0.235 e. The molecule has 0 bridgehead atoms. The molecule has 0 aromatic heterocycles. The van der Waals surface area contributed by atoms with Gasteiger partial charge in [-0.25, -0.2) is 0 Å². The van der Waals surface area contributed by atoms with Gasteiger partial charge in [-0.3, -0.25) is 4.79 Å². The van der Waals surface area contributed by atoms with Crippen molar-refractivity contribution in [2.75, 3.05) is 5.88 Å². The molecular formula is C18H17Cl2NO. The van der Waals surface area contributed by atoms with Crippen LogP contribution in [0.2, 0.25) is 5.02 Å². The molecule has 0 saturated heterocycles. The first-order valence-corrected chi connectivity index (χ1v) is 8.30. The van der Waals surface area contributed by atoms with E-state index in [-0.39, 0.29) is 17.8 Å². The Labute approximate surface area is 140 Å². The van der Waals surface area contributed by atoms with Gasteiger partial charge in [0.15, 0.2) is 0 Å². The fourth-order valence-corrected chi connectivity index (χ4v) is 2.94. The molecule has 2 aromatic rings. The van der Waals surface area contributed by atoms with Crippen LogP contribution in [0.3, 0.4) is 0 Å². The van der Waals surface area contributed by atoms with E-state index in [4.69, 9.17) is 23.2 Å². The van der Waals surface area contributed by atoms with Crippen LogP contribution in [0.1, 0.15) is 41.5 Å². The van der Waals surface area contributed by atoms with E-state index in [1.165, 1.54) is 18.4 Å². The van der Waals surface area contributed by atoms with Gasteiger partial charge in [0.2, 0.25) is 5.91 Å². The number of carbonyl (C=O) groups excluding carboxylic acids is 1. The molecule has 2 nitrogen and oxygen atoms in total. The molecule has 4 heteroatoms. The van der Waals surface area contributed by atoms with Gasteiger partial charge in [-0.2, -0.15) is 0 Å². The SMILES string of the molecule is O=C(CCl)NC(c1ccc(Cl)cc1)c1ccccc1C1CC1. The summed E-state index contributed by atoms with van der Waals surface area (Å²) in [5, 5.41) is 3.71. The highest BCUT2D eigenvalue weighted by Crippen LogP contribution is 2.43. The number of alkyl halides is 1. The number of rotatable bonds is 5. The number of nitrogens with one attached hydrogen (secondary N) is 1. The summed E-state index contributed by atoms with van der Waals surface area (Å²) >= 11 is 11.7. The van der Waals surface area contributed by atoms with Gasteiger partial charge in [0.05, 0.1) is 6.04 Å². The molecule has 1 aliphatic rings. The van der Waals surface area contributed by atoms with Crippen molar-refractivity contribution in [3.05, 3.63) is 70.2 Å². The number of carbonyl (C=O) groups is 1. The Morgan fingerprint density at radius 3 is 2.45 bits per heavy atom. The largest absolute Gasteiger partial charge is 0.344 e. The lowest BCUT2D eigenvalue weighted by atomic mass is 9.92. The smallest absolute Gasteiger partial charge is 0.235 e. The Bertz CT molecular complexity index is 665. The zero-order valence-corrected chi connectivity index (χ0v) is 13.6. The molecule has 0 aliphatic heterocycles. The molecule has 0 radical (unpaired) electrons. The zero-order chi connectivity index (χ0) is 15.5. The Kier molecular flexibility index (Phi) is 4.70. The molecule has 0 spiro atoms. The molecular weight excluding hydrogens is 317 g/mol. The zero-order valence-electron chi connectivity index (χ0n) is 12.1. The number of halogens is 2. The van der Waals surface area contributed by atoms with Crippen LogP contribution in [0.5, 0.6) is 0 Å². The highest BCUT2D eigenvalue weighted by molar-refractivity contribution is 6.30. The second kappa shape index (κ2) is 6.72.